The lowest BCUT2D eigenvalue weighted by Crippen LogP contribution is -2.27. The first-order chi connectivity index (χ1) is 4.26. The van der Waals surface area contributed by atoms with Crippen molar-refractivity contribution in [2.24, 2.45) is 5.90 Å². The van der Waals surface area contributed by atoms with Gasteiger partial charge in [0, 0.05) is 0 Å². The number of carbonyl (C=O) groups is 1. The van der Waals surface area contributed by atoms with E-state index in [1.165, 1.54) is 7.11 Å². The predicted octanol–water partition coefficient (Wildman–Crippen LogP) is -0.172. The lowest BCUT2D eigenvalue weighted by molar-refractivity contribution is -0.154. The van der Waals surface area contributed by atoms with Gasteiger partial charge in [-0.3, -0.25) is 4.84 Å². The highest BCUT2D eigenvalue weighted by molar-refractivity contribution is 5.74. The molecule has 1 unspecified atom stereocenters. The molecule has 0 amide bonds. The molecule has 0 saturated heterocycles. The van der Waals surface area contributed by atoms with Crippen molar-refractivity contribution in [2.45, 2.75) is 19.4 Å². The summed E-state index contributed by atoms with van der Waals surface area (Å²) in [7, 11) is 1.30. The number of carbonyl (C=O) groups excluding carboxylic acids is 1. The first-order valence-corrected chi connectivity index (χ1v) is 2.69. The van der Waals surface area contributed by atoms with Gasteiger partial charge in [-0.05, 0) is 6.42 Å². The second kappa shape index (κ2) is 4.29. The van der Waals surface area contributed by atoms with Crippen molar-refractivity contribution in [3.05, 3.63) is 0 Å². The van der Waals surface area contributed by atoms with Gasteiger partial charge in [-0.2, -0.15) is 0 Å². The molecule has 0 aliphatic heterocycles. The van der Waals surface area contributed by atoms with E-state index in [0.29, 0.717) is 6.42 Å². The van der Waals surface area contributed by atoms with E-state index in [9.17, 15) is 4.79 Å². The van der Waals surface area contributed by atoms with Gasteiger partial charge in [0.05, 0.1) is 7.11 Å². The minimum Gasteiger partial charge on any atom is -0.467 e. The molecule has 9 heavy (non-hydrogen) atoms. The van der Waals surface area contributed by atoms with Crippen LogP contribution in [0.25, 0.3) is 0 Å². The molecular weight excluding hydrogens is 122 g/mol. The Balaban J connectivity index is 3.64. The number of methoxy groups -OCH3 is 1. The molecule has 0 bridgehead atoms. The van der Waals surface area contributed by atoms with Crippen LogP contribution in [0.3, 0.4) is 0 Å². The van der Waals surface area contributed by atoms with Crippen LogP contribution in [0.5, 0.6) is 0 Å². The fourth-order valence-corrected chi connectivity index (χ4v) is 0.450. The molecule has 0 fully saturated rings. The minimum atomic E-state index is -0.616. The molecule has 0 aromatic rings. The van der Waals surface area contributed by atoms with Gasteiger partial charge in [0.15, 0.2) is 6.10 Å². The highest BCUT2D eigenvalue weighted by Gasteiger charge is 2.15. The largest absolute Gasteiger partial charge is 0.467 e. The van der Waals surface area contributed by atoms with Gasteiger partial charge in [0.2, 0.25) is 0 Å². The topological polar surface area (TPSA) is 61.5 Å². The minimum absolute atomic E-state index is 0.431. The molecule has 4 nitrogen and oxygen atoms in total. The van der Waals surface area contributed by atoms with Gasteiger partial charge < -0.3 is 4.74 Å². The number of hydrogen-bond acceptors (Lipinski definition) is 4. The van der Waals surface area contributed by atoms with Crippen molar-refractivity contribution in [3.8, 4) is 0 Å². The standard InChI is InChI=1S/C5H11NO3/c1-3-4(9-6)5(7)8-2/h4H,3,6H2,1-2H3. The third kappa shape index (κ3) is 2.43. The highest BCUT2D eigenvalue weighted by Crippen LogP contribution is 1.95. The molecule has 0 aromatic heterocycles. The van der Waals surface area contributed by atoms with Gasteiger partial charge in [0.1, 0.15) is 0 Å². The third-order valence-corrected chi connectivity index (χ3v) is 0.999. The average molecular weight is 133 g/mol. The van der Waals surface area contributed by atoms with Gasteiger partial charge in [-0.15, -0.1) is 0 Å². The SMILES string of the molecule is CCC(ON)C(=O)OC. The maximum atomic E-state index is 10.5. The van der Waals surface area contributed by atoms with Crippen molar-refractivity contribution < 1.29 is 14.4 Å². The first-order valence-electron chi connectivity index (χ1n) is 2.69. The van der Waals surface area contributed by atoms with Gasteiger partial charge in [-0.1, -0.05) is 6.92 Å². The van der Waals surface area contributed by atoms with Crippen molar-refractivity contribution in [1.82, 2.24) is 0 Å². The van der Waals surface area contributed by atoms with E-state index in [1.54, 1.807) is 6.92 Å². The summed E-state index contributed by atoms with van der Waals surface area (Å²) < 4.78 is 4.35. The summed E-state index contributed by atoms with van der Waals surface area (Å²) in [6.07, 6.45) is -0.0848. The van der Waals surface area contributed by atoms with Crippen LogP contribution in [-0.4, -0.2) is 19.2 Å². The zero-order valence-corrected chi connectivity index (χ0v) is 5.59. The van der Waals surface area contributed by atoms with E-state index in [-0.39, 0.29) is 0 Å². The normalized spacial score (nSPS) is 12.8. The number of ether oxygens (including phenoxy) is 1. The Labute approximate surface area is 53.9 Å². The van der Waals surface area contributed by atoms with Crippen LogP contribution in [0.15, 0.2) is 0 Å². The summed E-state index contributed by atoms with van der Waals surface area (Å²) in [5, 5.41) is 0. The van der Waals surface area contributed by atoms with Gasteiger partial charge in [0.25, 0.3) is 0 Å². The predicted molar refractivity (Wildman–Crippen MR) is 31.4 cm³/mol. The monoisotopic (exact) mass is 133 g/mol. The van der Waals surface area contributed by atoms with Gasteiger partial charge in [-0.25, -0.2) is 10.7 Å². The van der Waals surface area contributed by atoms with E-state index in [4.69, 9.17) is 5.90 Å². The van der Waals surface area contributed by atoms with E-state index in [0.717, 1.165) is 0 Å². The van der Waals surface area contributed by atoms with Crippen LogP contribution >= 0.6 is 0 Å². The summed E-state index contributed by atoms with van der Waals surface area (Å²) in [6, 6.07) is 0. The van der Waals surface area contributed by atoms with E-state index in [2.05, 4.69) is 9.57 Å². The first kappa shape index (κ1) is 8.39. The quantitative estimate of drug-likeness (QED) is 0.429. The molecule has 0 saturated carbocycles. The molecule has 0 radical (unpaired) electrons. The molecule has 0 aromatic carbocycles. The second-order valence-electron chi connectivity index (χ2n) is 1.56. The number of nitrogens with two attached hydrogens (primary N) is 1. The Bertz CT molecular complexity index is 90.2. The van der Waals surface area contributed by atoms with Crippen molar-refractivity contribution in [3.63, 3.8) is 0 Å². The molecule has 0 aliphatic carbocycles. The Morgan fingerprint density at radius 2 is 2.33 bits per heavy atom. The fourth-order valence-electron chi connectivity index (χ4n) is 0.450. The second-order valence-corrected chi connectivity index (χ2v) is 1.56. The van der Waals surface area contributed by atoms with Crippen molar-refractivity contribution in [1.29, 1.82) is 0 Å². The van der Waals surface area contributed by atoms with Crippen LogP contribution < -0.4 is 5.90 Å². The van der Waals surface area contributed by atoms with Crippen LogP contribution in [-0.2, 0) is 14.4 Å². The molecule has 0 aliphatic rings. The van der Waals surface area contributed by atoms with E-state index < -0.39 is 12.1 Å². The number of rotatable bonds is 3. The molecule has 0 spiro atoms. The molecule has 54 valence electrons. The Morgan fingerprint density at radius 3 is 2.44 bits per heavy atom. The molecule has 2 N–H and O–H groups in total. The Kier molecular flexibility index (Phi) is 4.00. The lowest BCUT2D eigenvalue weighted by atomic mass is 10.3. The van der Waals surface area contributed by atoms with E-state index in [1.807, 2.05) is 0 Å². The molecular formula is C5H11NO3. The smallest absolute Gasteiger partial charge is 0.337 e. The van der Waals surface area contributed by atoms with Crippen LogP contribution in [0, 0.1) is 0 Å². The maximum Gasteiger partial charge on any atom is 0.337 e. The molecule has 4 heteroatoms. The van der Waals surface area contributed by atoms with Crippen LogP contribution in [0.4, 0.5) is 0 Å². The summed E-state index contributed by atoms with van der Waals surface area (Å²) >= 11 is 0. The fraction of sp³-hybridized carbons (Fsp3) is 0.800. The molecule has 0 heterocycles. The summed E-state index contributed by atoms with van der Waals surface area (Å²) in [6.45, 7) is 1.79. The zero-order chi connectivity index (χ0) is 7.28. The molecule has 1 atom stereocenters. The summed E-state index contributed by atoms with van der Waals surface area (Å²) in [4.78, 5) is 14.8. The lowest BCUT2D eigenvalue weighted by Gasteiger charge is -2.07. The van der Waals surface area contributed by atoms with Gasteiger partial charge >= 0.3 is 5.97 Å². The summed E-state index contributed by atoms with van der Waals surface area (Å²) in [5.41, 5.74) is 0. The zero-order valence-electron chi connectivity index (χ0n) is 5.59. The van der Waals surface area contributed by atoms with Crippen LogP contribution in [0.2, 0.25) is 0 Å². The third-order valence-electron chi connectivity index (χ3n) is 0.999. The Morgan fingerprint density at radius 1 is 1.78 bits per heavy atom. The Hall–Kier alpha value is -0.610. The number of hydrogen-bond donors (Lipinski definition) is 1. The van der Waals surface area contributed by atoms with Crippen molar-refractivity contribution in [2.75, 3.05) is 7.11 Å². The van der Waals surface area contributed by atoms with Crippen LogP contribution in [0.1, 0.15) is 13.3 Å². The molecule has 0 rings (SSSR count). The van der Waals surface area contributed by atoms with E-state index >= 15 is 0 Å². The average Bonchev–Trinajstić information content (AvgIpc) is 1.90. The maximum absolute atomic E-state index is 10.5. The summed E-state index contributed by atoms with van der Waals surface area (Å²) in [5.74, 6) is 4.33. The highest BCUT2D eigenvalue weighted by atomic mass is 16.6. The van der Waals surface area contributed by atoms with Crippen molar-refractivity contribution >= 4 is 5.97 Å². The number of esters is 1.